The summed E-state index contributed by atoms with van der Waals surface area (Å²) in [6.45, 7) is 1.96. The lowest BCUT2D eigenvalue weighted by Gasteiger charge is -2.42. The second-order valence-electron chi connectivity index (χ2n) is 10.8. The first-order chi connectivity index (χ1) is 19.3. The van der Waals surface area contributed by atoms with Gasteiger partial charge in [-0.1, -0.05) is 78.9 Å². The van der Waals surface area contributed by atoms with Crippen LogP contribution in [0.4, 0.5) is 4.79 Å². The molecule has 0 aromatic heterocycles. The molecule has 8 heteroatoms. The van der Waals surface area contributed by atoms with Crippen molar-refractivity contribution in [3.63, 3.8) is 0 Å². The van der Waals surface area contributed by atoms with Crippen LogP contribution in [-0.2, 0) is 20.9 Å². The number of likely N-dealkylation sites (N-methyl/N-ethyl adjacent to an activating group) is 1. The number of nitrogens with one attached hydrogen (secondary N) is 1. The molecule has 1 aliphatic carbocycles. The molecule has 1 saturated heterocycles. The number of ether oxygens (including phenoxy) is 1. The Hall–Kier alpha value is -4.17. The lowest BCUT2D eigenvalue weighted by molar-refractivity contribution is -0.144. The first kappa shape index (κ1) is 27.4. The lowest BCUT2D eigenvalue weighted by Crippen LogP contribution is -2.57. The number of carbonyl (C=O) groups is 3. The summed E-state index contributed by atoms with van der Waals surface area (Å²) in [5, 5.41) is 12.2. The molecule has 1 fully saturated rings. The predicted octanol–water partition coefficient (Wildman–Crippen LogP) is 4.49. The van der Waals surface area contributed by atoms with Crippen LogP contribution in [0.1, 0.15) is 41.9 Å². The van der Waals surface area contributed by atoms with Crippen molar-refractivity contribution in [2.45, 2.75) is 37.3 Å². The van der Waals surface area contributed by atoms with Crippen LogP contribution in [0.5, 0.6) is 0 Å². The molecule has 1 heterocycles. The zero-order chi connectivity index (χ0) is 28.1. The molecule has 40 heavy (non-hydrogen) atoms. The van der Waals surface area contributed by atoms with E-state index < -0.39 is 17.6 Å². The largest absolute Gasteiger partial charge is 0.480 e. The van der Waals surface area contributed by atoms with Crippen LogP contribution in [0.3, 0.4) is 0 Å². The van der Waals surface area contributed by atoms with Crippen molar-refractivity contribution in [1.29, 1.82) is 0 Å². The zero-order valence-electron chi connectivity index (χ0n) is 22.7. The summed E-state index contributed by atoms with van der Waals surface area (Å²) in [5.74, 6) is -1.46. The van der Waals surface area contributed by atoms with Gasteiger partial charge in [-0.05, 0) is 40.7 Å². The number of alkyl carbamates (subject to hydrolysis) is 1. The number of nitrogens with zero attached hydrogens (tertiary/aromatic N) is 2. The molecule has 0 radical (unpaired) electrons. The minimum absolute atomic E-state index is 0.0140. The number of fused-ring (bicyclic) bond motifs is 3. The van der Waals surface area contributed by atoms with Gasteiger partial charge < -0.3 is 20.1 Å². The summed E-state index contributed by atoms with van der Waals surface area (Å²) >= 11 is 0. The highest BCUT2D eigenvalue weighted by molar-refractivity contribution is 5.83. The molecular formula is C32H35N3O5. The van der Waals surface area contributed by atoms with Crippen LogP contribution in [0.2, 0.25) is 0 Å². The van der Waals surface area contributed by atoms with E-state index in [9.17, 15) is 14.4 Å². The molecule has 1 aliphatic heterocycles. The van der Waals surface area contributed by atoms with Crippen molar-refractivity contribution >= 4 is 18.0 Å². The van der Waals surface area contributed by atoms with Gasteiger partial charge in [-0.15, -0.1) is 0 Å². The topological polar surface area (TPSA) is 99.2 Å². The molecule has 2 aliphatic rings. The lowest BCUT2D eigenvalue weighted by atomic mass is 9.83. The van der Waals surface area contributed by atoms with Gasteiger partial charge in [0.2, 0.25) is 5.91 Å². The van der Waals surface area contributed by atoms with E-state index in [1.54, 1.807) is 0 Å². The Morgan fingerprint density at radius 3 is 2.10 bits per heavy atom. The number of piperidine rings is 1. The molecule has 5 rings (SSSR count). The smallest absolute Gasteiger partial charge is 0.407 e. The van der Waals surface area contributed by atoms with Crippen LogP contribution >= 0.6 is 0 Å². The number of likely N-dealkylation sites (tertiary alicyclic amines) is 1. The normalized spacial score (nSPS) is 16.0. The Bertz CT molecular complexity index is 1320. The molecule has 8 nitrogen and oxygen atoms in total. The average Bonchev–Trinajstić information content (AvgIpc) is 3.27. The van der Waals surface area contributed by atoms with Crippen LogP contribution < -0.4 is 5.32 Å². The molecule has 2 N–H and O–H groups in total. The highest BCUT2D eigenvalue weighted by Crippen LogP contribution is 2.44. The number of benzene rings is 3. The summed E-state index contributed by atoms with van der Waals surface area (Å²) in [7, 11) is 1.47. The molecule has 3 aromatic carbocycles. The number of rotatable bonds is 9. The van der Waals surface area contributed by atoms with E-state index in [1.807, 2.05) is 42.5 Å². The average molecular weight is 542 g/mol. The van der Waals surface area contributed by atoms with Gasteiger partial charge in [-0.25, -0.2) is 4.79 Å². The van der Waals surface area contributed by atoms with Gasteiger partial charge in [0.25, 0.3) is 0 Å². The maximum Gasteiger partial charge on any atom is 0.407 e. The van der Waals surface area contributed by atoms with Crippen molar-refractivity contribution in [1.82, 2.24) is 15.1 Å². The zero-order valence-corrected chi connectivity index (χ0v) is 22.7. The summed E-state index contributed by atoms with van der Waals surface area (Å²) in [6, 6.07) is 26.5. The van der Waals surface area contributed by atoms with Gasteiger partial charge >= 0.3 is 12.1 Å². The Labute approximate surface area is 234 Å². The third-order valence-electron chi connectivity index (χ3n) is 8.06. The molecular weight excluding hydrogens is 506 g/mol. The molecule has 3 aromatic rings. The van der Waals surface area contributed by atoms with Crippen molar-refractivity contribution in [3.8, 4) is 11.1 Å². The number of aliphatic carboxylic acids is 1. The van der Waals surface area contributed by atoms with Crippen molar-refractivity contribution in [2.75, 3.05) is 33.3 Å². The summed E-state index contributed by atoms with van der Waals surface area (Å²) in [5.41, 5.74) is 4.95. The van der Waals surface area contributed by atoms with Gasteiger partial charge in [0.05, 0.1) is 12.0 Å². The second-order valence-corrected chi connectivity index (χ2v) is 10.8. The maximum absolute atomic E-state index is 13.2. The maximum atomic E-state index is 13.2. The fraction of sp³-hybridized carbons (Fsp3) is 0.344. The highest BCUT2D eigenvalue weighted by atomic mass is 16.5. The number of carbonyl (C=O) groups excluding carboxylic acids is 2. The number of hydrogen-bond acceptors (Lipinski definition) is 5. The minimum atomic E-state index is -1.08. The van der Waals surface area contributed by atoms with E-state index in [1.165, 1.54) is 17.5 Å². The summed E-state index contributed by atoms with van der Waals surface area (Å²) in [6.07, 6.45) is 0.556. The monoisotopic (exact) mass is 541 g/mol. The quantitative estimate of drug-likeness (QED) is 0.414. The first-order valence-electron chi connectivity index (χ1n) is 13.7. The standard InChI is InChI=1S/C32H35N3O5/c1-34(21-30(37)38)29(36)19-32(15-17-35(18-16-32)20-23-9-3-2-4-10-23)33-31(39)40-22-28-26-13-7-5-11-24(26)25-12-6-8-14-27(25)28/h2-14,28H,15-22H2,1H3,(H,33,39)(H,37,38). The Kier molecular flexibility index (Phi) is 8.16. The van der Waals surface area contributed by atoms with E-state index in [2.05, 4.69) is 46.6 Å². The van der Waals surface area contributed by atoms with Gasteiger partial charge in [0.15, 0.2) is 0 Å². The SMILES string of the molecule is CN(CC(=O)O)C(=O)CC1(NC(=O)OCC2c3ccccc3-c3ccccc32)CCN(Cc2ccccc2)CC1. The van der Waals surface area contributed by atoms with E-state index >= 15 is 0 Å². The van der Waals surface area contributed by atoms with E-state index in [0.29, 0.717) is 25.9 Å². The number of hydrogen-bond donors (Lipinski definition) is 2. The minimum Gasteiger partial charge on any atom is -0.480 e. The molecule has 0 unspecified atom stereocenters. The van der Waals surface area contributed by atoms with E-state index in [4.69, 9.17) is 9.84 Å². The second kappa shape index (κ2) is 11.9. The first-order valence-corrected chi connectivity index (χ1v) is 13.7. The summed E-state index contributed by atoms with van der Waals surface area (Å²) < 4.78 is 5.81. The highest BCUT2D eigenvalue weighted by Gasteiger charge is 2.40. The molecule has 0 saturated carbocycles. The number of carboxylic acid groups (broad SMARTS) is 1. The van der Waals surface area contributed by atoms with Crippen molar-refractivity contribution < 1.29 is 24.2 Å². The van der Waals surface area contributed by atoms with E-state index in [0.717, 1.165) is 28.8 Å². The van der Waals surface area contributed by atoms with Gasteiger partial charge in [-0.3, -0.25) is 14.5 Å². The van der Waals surface area contributed by atoms with E-state index in [-0.39, 0.29) is 31.4 Å². The number of amides is 2. The molecule has 0 atom stereocenters. The van der Waals surface area contributed by atoms with Crippen LogP contribution in [0.15, 0.2) is 78.9 Å². The predicted molar refractivity (Wildman–Crippen MR) is 152 cm³/mol. The van der Waals surface area contributed by atoms with Gasteiger partial charge in [0, 0.05) is 32.6 Å². The molecule has 208 valence electrons. The fourth-order valence-corrected chi connectivity index (χ4v) is 5.89. The van der Waals surface area contributed by atoms with Gasteiger partial charge in [-0.2, -0.15) is 0 Å². The van der Waals surface area contributed by atoms with Crippen LogP contribution in [-0.4, -0.2) is 71.7 Å². The third-order valence-corrected chi connectivity index (χ3v) is 8.06. The van der Waals surface area contributed by atoms with Crippen LogP contribution in [0, 0.1) is 0 Å². The Morgan fingerprint density at radius 2 is 1.50 bits per heavy atom. The van der Waals surface area contributed by atoms with Gasteiger partial charge in [0.1, 0.15) is 13.2 Å². The van der Waals surface area contributed by atoms with Crippen molar-refractivity contribution in [2.24, 2.45) is 0 Å². The Balaban J connectivity index is 1.27. The Morgan fingerprint density at radius 1 is 0.925 bits per heavy atom. The molecule has 0 bridgehead atoms. The summed E-state index contributed by atoms with van der Waals surface area (Å²) in [4.78, 5) is 40.9. The van der Waals surface area contributed by atoms with Crippen LogP contribution in [0.25, 0.3) is 11.1 Å². The molecule has 2 amide bonds. The number of carboxylic acids is 1. The van der Waals surface area contributed by atoms with Crippen molar-refractivity contribution in [3.05, 3.63) is 95.6 Å². The fourth-order valence-electron chi connectivity index (χ4n) is 5.89. The molecule has 0 spiro atoms. The third kappa shape index (κ3) is 6.18.